The summed E-state index contributed by atoms with van der Waals surface area (Å²) < 4.78 is 61.0. The minimum Gasteiger partial charge on any atom is -0.349 e. The Hall–Kier alpha value is -2.35. The third kappa shape index (κ3) is 5.32. The molecule has 0 aliphatic heterocycles. The summed E-state index contributed by atoms with van der Waals surface area (Å²) in [6.45, 7) is 1.71. The second kappa shape index (κ2) is 7.49. The van der Waals surface area contributed by atoms with Crippen molar-refractivity contribution in [3.63, 3.8) is 0 Å². The summed E-state index contributed by atoms with van der Waals surface area (Å²) in [5, 5.41) is 2.69. The van der Waals surface area contributed by atoms with E-state index in [4.69, 9.17) is 0 Å². The average Bonchev–Trinajstić information content (AvgIpc) is 2.53. The van der Waals surface area contributed by atoms with Crippen LogP contribution < -0.4 is 5.32 Å². The maximum Gasteiger partial charge on any atom is 0.416 e. The van der Waals surface area contributed by atoms with Crippen LogP contribution >= 0.6 is 0 Å². The Morgan fingerprint density at radius 2 is 1.73 bits per heavy atom. The molecule has 2 aromatic carbocycles. The van der Waals surface area contributed by atoms with Gasteiger partial charge < -0.3 is 5.32 Å². The standard InChI is InChI=1S/C18H18F3NO3S/c1-12(14-6-8-16(9-7-14)26(2,24)25)22-17(23)11-13-4-3-5-15(10-13)18(19,20)21/h3-10,12H,11H2,1-2H3,(H,22,23). The molecule has 0 aliphatic carbocycles. The van der Waals surface area contributed by atoms with E-state index < -0.39 is 33.5 Å². The van der Waals surface area contributed by atoms with Crippen LogP contribution in [0.15, 0.2) is 53.4 Å². The normalized spacial score (nSPS) is 13.3. The first kappa shape index (κ1) is 20.0. The van der Waals surface area contributed by atoms with Gasteiger partial charge >= 0.3 is 6.18 Å². The average molecular weight is 385 g/mol. The van der Waals surface area contributed by atoms with Gasteiger partial charge in [0.05, 0.1) is 22.9 Å². The van der Waals surface area contributed by atoms with Crippen LogP contribution in [0.1, 0.15) is 29.7 Å². The Morgan fingerprint density at radius 1 is 1.12 bits per heavy atom. The largest absolute Gasteiger partial charge is 0.416 e. The van der Waals surface area contributed by atoms with Crippen LogP contribution in [0.25, 0.3) is 0 Å². The highest BCUT2D eigenvalue weighted by Crippen LogP contribution is 2.29. The number of amides is 1. The van der Waals surface area contributed by atoms with Crippen molar-refractivity contribution in [2.24, 2.45) is 0 Å². The minimum absolute atomic E-state index is 0.170. The van der Waals surface area contributed by atoms with E-state index in [0.717, 1.165) is 18.4 Å². The Balaban J connectivity index is 2.03. The first-order valence-electron chi connectivity index (χ1n) is 7.72. The summed E-state index contributed by atoms with van der Waals surface area (Å²) in [5.74, 6) is -0.427. The molecule has 0 bridgehead atoms. The summed E-state index contributed by atoms with van der Waals surface area (Å²) in [4.78, 5) is 12.3. The molecule has 8 heteroatoms. The number of hydrogen-bond acceptors (Lipinski definition) is 3. The molecule has 4 nitrogen and oxygen atoms in total. The third-order valence-electron chi connectivity index (χ3n) is 3.80. The SMILES string of the molecule is CC(NC(=O)Cc1cccc(C(F)(F)F)c1)c1ccc(S(C)(=O)=O)cc1. The molecule has 0 aliphatic rings. The Labute approximate surface area is 150 Å². The van der Waals surface area contributed by atoms with Crippen LogP contribution in [0.2, 0.25) is 0 Å². The van der Waals surface area contributed by atoms with Gasteiger partial charge in [0.15, 0.2) is 9.84 Å². The Kier molecular flexibility index (Phi) is 5.75. The van der Waals surface area contributed by atoms with E-state index in [1.54, 1.807) is 19.1 Å². The van der Waals surface area contributed by atoms with Gasteiger partial charge in [-0.3, -0.25) is 4.79 Å². The van der Waals surface area contributed by atoms with E-state index in [9.17, 15) is 26.4 Å². The van der Waals surface area contributed by atoms with Crippen LogP contribution in [0, 0.1) is 0 Å². The molecule has 1 amide bonds. The molecule has 0 aromatic heterocycles. The number of benzene rings is 2. The van der Waals surface area contributed by atoms with E-state index in [2.05, 4.69) is 5.32 Å². The van der Waals surface area contributed by atoms with Crippen LogP contribution in [0.5, 0.6) is 0 Å². The van der Waals surface area contributed by atoms with Crippen molar-refractivity contribution in [2.45, 2.75) is 30.5 Å². The number of halogens is 3. The van der Waals surface area contributed by atoms with E-state index >= 15 is 0 Å². The van der Waals surface area contributed by atoms with Crippen molar-refractivity contribution in [2.75, 3.05) is 6.26 Å². The van der Waals surface area contributed by atoms with E-state index in [-0.39, 0.29) is 16.9 Å². The van der Waals surface area contributed by atoms with Gasteiger partial charge in [-0.1, -0.05) is 30.3 Å². The fourth-order valence-corrected chi connectivity index (χ4v) is 3.05. The summed E-state index contributed by atoms with van der Waals surface area (Å²) in [6, 6.07) is 10.3. The molecule has 1 N–H and O–H groups in total. The van der Waals surface area contributed by atoms with Gasteiger partial charge in [0.25, 0.3) is 0 Å². The third-order valence-corrected chi connectivity index (χ3v) is 4.93. The van der Waals surface area contributed by atoms with Crippen molar-refractivity contribution in [3.8, 4) is 0 Å². The van der Waals surface area contributed by atoms with Crippen LogP contribution in [0.3, 0.4) is 0 Å². The molecule has 1 atom stereocenters. The number of alkyl halides is 3. The lowest BCUT2D eigenvalue weighted by molar-refractivity contribution is -0.137. The van der Waals surface area contributed by atoms with Gasteiger partial charge in [0.1, 0.15) is 0 Å². The van der Waals surface area contributed by atoms with E-state index in [1.165, 1.54) is 24.3 Å². The lowest BCUT2D eigenvalue weighted by Gasteiger charge is -2.15. The number of carbonyl (C=O) groups is 1. The summed E-state index contributed by atoms with van der Waals surface area (Å²) in [6.07, 6.45) is -3.54. The highest BCUT2D eigenvalue weighted by atomic mass is 32.2. The van der Waals surface area contributed by atoms with Crippen molar-refractivity contribution in [3.05, 3.63) is 65.2 Å². The highest BCUT2D eigenvalue weighted by molar-refractivity contribution is 7.90. The Bertz CT molecular complexity index is 891. The number of hydrogen-bond donors (Lipinski definition) is 1. The predicted octanol–water partition coefficient (Wildman–Crippen LogP) is 3.53. The molecule has 0 spiro atoms. The summed E-state index contributed by atoms with van der Waals surface area (Å²) in [5.41, 5.74) is 0.152. The molecular weight excluding hydrogens is 367 g/mol. The van der Waals surface area contributed by atoms with Crippen molar-refractivity contribution >= 4 is 15.7 Å². The lowest BCUT2D eigenvalue weighted by Crippen LogP contribution is -2.28. The van der Waals surface area contributed by atoms with Crippen LogP contribution in [-0.4, -0.2) is 20.6 Å². The van der Waals surface area contributed by atoms with Crippen molar-refractivity contribution in [1.82, 2.24) is 5.32 Å². The fraction of sp³-hybridized carbons (Fsp3) is 0.278. The zero-order valence-electron chi connectivity index (χ0n) is 14.2. The second-order valence-electron chi connectivity index (χ2n) is 6.01. The molecule has 0 saturated carbocycles. The smallest absolute Gasteiger partial charge is 0.349 e. The first-order chi connectivity index (χ1) is 12.0. The van der Waals surface area contributed by atoms with Crippen molar-refractivity contribution in [1.29, 1.82) is 0 Å². The monoisotopic (exact) mass is 385 g/mol. The van der Waals surface area contributed by atoms with Gasteiger partial charge in [-0.2, -0.15) is 13.2 Å². The molecule has 0 saturated heterocycles. The molecule has 0 heterocycles. The number of carbonyl (C=O) groups excluding carboxylic acids is 1. The van der Waals surface area contributed by atoms with Crippen LogP contribution in [0.4, 0.5) is 13.2 Å². The highest BCUT2D eigenvalue weighted by Gasteiger charge is 2.30. The molecule has 2 rings (SSSR count). The predicted molar refractivity (Wildman–Crippen MR) is 91.3 cm³/mol. The second-order valence-corrected chi connectivity index (χ2v) is 8.02. The van der Waals surface area contributed by atoms with Gasteiger partial charge in [0, 0.05) is 6.26 Å². The van der Waals surface area contributed by atoms with E-state index in [1.807, 2.05) is 0 Å². The van der Waals surface area contributed by atoms with Gasteiger partial charge in [0.2, 0.25) is 5.91 Å². The fourth-order valence-electron chi connectivity index (χ4n) is 2.42. The zero-order valence-corrected chi connectivity index (χ0v) is 15.0. The maximum atomic E-state index is 12.7. The molecule has 0 radical (unpaired) electrons. The Morgan fingerprint density at radius 3 is 2.27 bits per heavy atom. The minimum atomic E-state index is -4.46. The molecule has 2 aromatic rings. The maximum absolute atomic E-state index is 12.7. The topological polar surface area (TPSA) is 63.2 Å². The summed E-state index contributed by atoms with van der Waals surface area (Å²) >= 11 is 0. The molecule has 1 unspecified atom stereocenters. The number of rotatable bonds is 5. The van der Waals surface area contributed by atoms with Crippen LogP contribution in [-0.2, 0) is 27.2 Å². The molecule has 0 fully saturated rings. The molecular formula is C18H18F3NO3S. The number of nitrogens with one attached hydrogen (secondary N) is 1. The molecule has 140 valence electrons. The van der Waals surface area contributed by atoms with Gasteiger partial charge in [-0.05, 0) is 36.2 Å². The van der Waals surface area contributed by atoms with Gasteiger partial charge in [-0.25, -0.2) is 8.42 Å². The zero-order chi connectivity index (χ0) is 19.5. The summed E-state index contributed by atoms with van der Waals surface area (Å²) in [7, 11) is -3.30. The van der Waals surface area contributed by atoms with E-state index in [0.29, 0.717) is 5.56 Å². The lowest BCUT2D eigenvalue weighted by atomic mass is 10.1. The van der Waals surface area contributed by atoms with Gasteiger partial charge in [-0.15, -0.1) is 0 Å². The molecule has 26 heavy (non-hydrogen) atoms. The quantitative estimate of drug-likeness (QED) is 0.857. The number of sulfone groups is 1. The van der Waals surface area contributed by atoms with Crippen molar-refractivity contribution < 1.29 is 26.4 Å². The first-order valence-corrected chi connectivity index (χ1v) is 9.61.